The maximum Gasteiger partial charge on any atom is 0.305 e. The summed E-state index contributed by atoms with van der Waals surface area (Å²) in [5, 5.41) is 3.79. The van der Waals surface area contributed by atoms with E-state index >= 15 is 0 Å². The van der Waals surface area contributed by atoms with Crippen LogP contribution in [0.2, 0.25) is 0 Å². The van der Waals surface area contributed by atoms with Crippen molar-refractivity contribution in [3.05, 3.63) is 30.3 Å². The number of benzene rings is 1. The van der Waals surface area contributed by atoms with E-state index in [-0.39, 0.29) is 11.8 Å². The van der Waals surface area contributed by atoms with Gasteiger partial charge < -0.3 is 10.1 Å². The number of ether oxygens (including phenoxy) is 1. The molecule has 0 aliphatic heterocycles. The zero-order valence-electron chi connectivity index (χ0n) is 11.2. The highest BCUT2D eigenvalue weighted by Crippen LogP contribution is 2.21. The predicted octanol–water partition coefficient (Wildman–Crippen LogP) is 2.52. The largest absolute Gasteiger partial charge is 0.469 e. The number of unbranched alkanes of at least 4 members (excludes halogenated alkanes) is 1. The van der Waals surface area contributed by atoms with Crippen molar-refractivity contribution >= 4 is 22.7 Å². The molecule has 2 aromatic rings. The number of carbonyl (C=O) groups is 1. The summed E-state index contributed by atoms with van der Waals surface area (Å²) in [6, 6.07) is 4.77. The van der Waals surface area contributed by atoms with Crippen molar-refractivity contribution in [1.82, 2.24) is 9.97 Å². The van der Waals surface area contributed by atoms with Gasteiger partial charge in [0.15, 0.2) is 0 Å². The van der Waals surface area contributed by atoms with E-state index in [1.165, 1.54) is 19.5 Å². The minimum Gasteiger partial charge on any atom is -0.469 e. The number of esters is 1. The Bertz CT molecular complexity index is 604. The lowest BCUT2D eigenvalue weighted by Crippen LogP contribution is -2.06. The van der Waals surface area contributed by atoms with E-state index in [1.54, 1.807) is 12.1 Å². The Hall–Kier alpha value is -2.24. The number of nitrogens with zero attached hydrogens (tertiary/aromatic N) is 2. The van der Waals surface area contributed by atoms with Crippen LogP contribution in [0.1, 0.15) is 19.3 Å². The third-order valence-electron chi connectivity index (χ3n) is 2.94. The van der Waals surface area contributed by atoms with Gasteiger partial charge in [-0.1, -0.05) is 6.07 Å². The van der Waals surface area contributed by atoms with E-state index in [0.29, 0.717) is 29.7 Å². The molecule has 6 heteroatoms. The van der Waals surface area contributed by atoms with Crippen LogP contribution in [0.15, 0.2) is 24.5 Å². The lowest BCUT2D eigenvalue weighted by Gasteiger charge is -2.08. The fraction of sp³-hybridized carbons (Fsp3) is 0.357. The second-order valence-electron chi connectivity index (χ2n) is 4.32. The molecule has 5 nitrogen and oxygen atoms in total. The van der Waals surface area contributed by atoms with E-state index in [2.05, 4.69) is 20.0 Å². The topological polar surface area (TPSA) is 64.1 Å². The van der Waals surface area contributed by atoms with Crippen molar-refractivity contribution in [2.45, 2.75) is 19.3 Å². The summed E-state index contributed by atoms with van der Waals surface area (Å²) >= 11 is 0. The molecule has 106 valence electrons. The van der Waals surface area contributed by atoms with Crippen molar-refractivity contribution in [1.29, 1.82) is 0 Å². The Morgan fingerprint density at radius 3 is 3.00 bits per heavy atom. The standard InChI is InChI=1S/C14H16FN3O2/c1-20-12(19)7-2-3-8-16-14-10-5-4-6-11(15)13(10)17-9-18-14/h4-6,9H,2-3,7-8H2,1H3,(H,16,17,18). The summed E-state index contributed by atoms with van der Waals surface area (Å²) in [6.45, 7) is 0.652. The van der Waals surface area contributed by atoms with Crippen LogP contribution >= 0.6 is 0 Å². The van der Waals surface area contributed by atoms with Crippen molar-refractivity contribution in [2.24, 2.45) is 0 Å². The molecule has 20 heavy (non-hydrogen) atoms. The Morgan fingerprint density at radius 1 is 1.35 bits per heavy atom. The van der Waals surface area contributed by atoms with Crippen molar-refractivity contribution in [3.63, 3.8) is 0 Å². The van der Waals surface area contributed by atoms with E-state index in [4.69, 9.17) is 0 Å². The van der Waals surface area contributed by atoms with Crippen LogP contribution in [0.3, 0.4) is 0 Å². The number of hydrogen-bond donors (Lipinski definition) is 1. The Labute approximate surface area is 116 Å². The first-order valence-electron chi connectivity index (χ1n) is 6.42. The van der Waals surface area contributed by atoms with Gasteiger partial charge in [-0.25, -0.2) is 14.4 Å². The molecule has 1 N–H and O–H groups in total. The average molecular weight is 277 g/mol. The van der Waals surface area contributed by atoms with E-state index in [9.17, 15) is 9.18 Å². The van der Waals surface area contributed by atoms with Crippen LogP contribution in [-0.4, -0.2) is 29.6 Å². The number of nitrogens with one attached hydrogen (secondary N) is 1. The van der Waals surface area contributed by atoms with Crippen LogP contribution in [0.5, 0.6) is 0 Å². The van der Waals surface area contributed by atoms with Crippen molar-refractivity contribution in [3.8, 4) is 0 Å². The normalized spacial score (nSPS) is 10.5. The Balaban J connectivity index is 1.94. The predicted molar refractivity (Wildman–Crippen MR) is 73.9 cm³/mol. The minimum atomic E-state index is -0.362. The SMILES string of the molecule is COC(=O)CCCCNc1ncnc2c(F)cccc12. The monoisotopic (exact) mass is 277 g/mol. The summed E-state index contributed by atoms with van der Waals surface area (Å²) in [4.78, 5) is 19.0. The number of hydrogen-bond acceptors (Lipinski definition) is 5. The molecule has 0 unspecified atom stereocenters. The van der Waals surface area contributed by atoms with Gasteiger partial charge in [-0.2, -0.15) is 0 Å². The van der Waals surface area contributed by atoms with Crippen LogP contribution in [0.4, 0.5) is 10.2 Å². The summed E-state index contributed by atoms with van der Waals surface area (Å²) in [5.41, 5.74) is 0.305. The highest BCUT2D eigenvalue weighted by atomic mass is 19.1. The van der Waals surface area contributed by atoms with Gasteiger partial charge in [0, 0.05) is 18.4 Å². The number of rotatable bonds is 6. The number of halogens is 1. The molecule has 0 aliphatic rings. The zero-order chi connectivity index (χ0) is 14.4. The minimum absolute atomic E-state index is 0.209. The number of aromatic nitrogens is 2. The van der Waals surface area contributed by atoms with Gasteiger partial charge in [0.25, 0.3) is 0 Å². The smallest absolute Gasteiger partial charge is 0.305 e. The maximum atomic E-state index is 13.6. The number of carbonyl (C=O) groups excluding carboxylic acids is 1. The van der Waals surface area contributed by atoms with Gasteiger partial charge >= 0.3 is 5.97 Å². The number of fused-ring (bicyclic) bond motifs is 1. The van der Waals surface area contributed by atoms with Crippen LogP contribution in [-0.2, 0) is 9.53 Å². The summed E-state index contributed by atoms with van der Waals surface area (Å²) in [7, 11) is 1.38. The molecule has 0 saturated carbocycles. The molecule has 0 spiro atoms. The molecule has 0 atom stereocenters. The van der Waals surface area contributed by atoms with Crippen LogP contribution in [0, 0.1) is 5.82 Å². The molecule has 0 amide bonds. The van der Waals surface area contributed by atoms with Gasteiger partial charge in [0.2, 0.25) is 0 Å². The first kappa shape index (κ1) is 14.2. The van der Waals surface area contributed by atoms with Gasteiger partial charge in [-0.05, 0) is 25.0 Å². The van der Waals surface area contributed by atoms with Gasteiger partial charge in [0.1, 0.15) is 23.5 Å². The molecule has 2 rings (SSSR count). The first-order valence-corrected chi connectivity index (χ1v) is 6.42. The lowest BCUT2D eigenvalue weighted by molar-refractivity contribution is -0.140. The molecule has 0 saturated heterocycles. The highest BCUT2D eigenvalue weighted by molar-refractivity contribution is 5.89. The first-order chi connectivity index (χ1) is 9.72. The van der Waals surface area contributed by atoms with Crippen LogP contribution < -0.4 is 5.32 Å². The Kier molecular flexibility index (Phi) is 4.81. The van der Waals surface area contributed by atoms with E-state index in [1.807, 2.05) is 0 Å². The van der Waals surface area contributed by atoms with Gasteiger partial charge in [-0.3, -0.25) is 4.79 Å². The molecule has 1 aromatic heterocycles. The zero-order valence-corrected chi connectivity index (χ0v) is 11.2. The third kappa shape index (κ3) is 3.40. The van der Waals surface area contributed by atoms with Crippen molar-refractivity contribution in [2.75, 3.05) is 19.0 Å². The average Bonchev–Trinajstić information content (AvgIpc) is 2.47. The van der Waals surface area contributed by atoms with E-state index < -0.39 is 0 Å². The van der Waals surface area contributed by atoms with Gasteiger partial charge in [-0.15, -0.1) is 0 Å². The quantitative estimate of drug-likeness (QED) is 0.649. The molecule has 0 aliphatic carbocycles. The molecule has 0 bridgehead atoms. The van der Waals surface area contributed by atoms with Crippen LogP contribution in [0.25, 0.3) is 10.9 Å². The number of para-hydroxylation sites is 1. The lowest BCUT2D eigenvalue weighted by atomic mass is 10.2. The molecule has 0 radical (unpaired) electrons. The summed E-state index contributed by atoms with van der Waals surface area (Å²) in [5.74, 6) is 0.0331. The summed E-state index contributed by atoms with van der Waals surface area (Å²) < 4.78 is 18.1. The molecular formula is C14H16FN3O2. The molecule has 0 fully saturated rings. The second-order valence-corrected chi connectivity index (χ2v) is 4.32. The van der Waals surface area contributed by atoms with E-state index in [0.717, 1.165) is 12.8 Å². The fourth-order valence-corrected chi connectivity index (χ4v) is 1.90. The number of methoxy groups -OCH3 is 1. The van der Waals surface area contributed by atoms with Crippen molar-refractivity contribution < 1.29 is 13.9 Å². The maximum absolute atomic E-state index is 13.6. The molecule has 1 aromatic carbocycles. The third-order valence-corrected chi connectivity index (χ3v) is 2.94. The highest BCUT2D eigenvalue weighted by Gasteiger charge is 2.06. The molecule has 1 heterocycles. The molecular weight excluding hydrogens is 261 g/mol. The fourth-order valence-electron chi connectivity index (χ4n) is 1.90. The Morgan fingerprint density at radius 2 is 2.20 bits per heavy atom. The number of anilines is 1. The summed E-state index contributed by atoms with van der Waals surface area (Å²) in [6.07, 6.45) is 3.27. The van der Waals surface area contributed by atoms with Gasteiger partial charge in [0.05, 0.1) is 7.11 Å². The second kappa shape index (κ2) is 6.79.